The number of phenolic OH excluding ortho intramolecular Hbond substituents is 1. The van der Waals surface area contributed by atoms with Crippen LogP contribution in [-0.4, -0.2) is 67.4 Å². The molecule has 0 bridgehead atoms. The maximum atomic E-state index is 13.2. The summed E-state index contributed by atoms with van der Waals surface area (Å²) < 4.78 is 105. The van der Waals surface area contributed by atoms with E-state index in [1.54, 1.807) is 12.1 Å². The first-order chi connectivity index (χ1) is 26.8. The fraction of sp³-hybridized carbons (Fsp3) is 0.486. The number of phenols is 1. The number of rotatable bonds is 13. The van der Waals surface area contributed by atoms with E-state index >= 15 is 0 Å². The zero-order chi connectivity index (χ0) is 42.6. The Kier molecular flexibility index (Phi) is 32.1. The molecule has 12 nitrogen and oxygen atoms in total. The van der Waals surface area contributed by atoms with Crippen LogP contribution in [-0.2, 0) is 38.3 Å². The number of hydrogen-bond acceptors (Lipinski definition) is 12. The largest absolute Gasteiger partial charge is 1.00 e. The zero-order valence-corrected chi connectivity index (χ0v) is 45.7. The van der Waals surface area contributed by atoms with Gasteiger partial charge in [0.1, 0.15) is 34.7 Å². The van der Waals surface area contributed by atoms with Crippen LogP contribution < -0.4 is 118 Å². The second-order valence-electron chi connectivity index (χ2n) is 13.1. The minimum Gasteiger partial charge on any atom is -1.00 e. The molecule has 0 saturated heterocycles. The minimum atomic E-state index is -3.45. The van der Waals surface area contributed by atoms with Crippen molar-refractivity contribution in [2.24, 2.45) is 23.7 Å². The van der Waals surface area contributed by atoms with Crippen molar-refractivity contribution in [1.82, 2.24) is 0 Å². The van der Waals surface area contributed by atoms with Crippen LogP contribution >= 0.6 is 47.8 Å². The molecule has 0 aromatic heterocycles. The van der Waals surface area contributed by atoms with Crippen LogP contribution in [0, 0.1) is 41.1 Å². The molecule has 2 fully saturated rings. The fourth-order valence-corrected chi connectivity index (χ4v) is 8.05. The summed E-state index contributed by atoms with van der Waals surface area (Å²) in [7, 11) is -6.90. The van der Waals surface area contributed by atoms with Gasteiger partial charge in [-0.1, -0.05) is 25.7 Å². The molecule has 2 saturated carbocycles. The van der Waals surface area contributed by atoms with Crippen molar-refractivity contribution in [1.29, 1.82) is 0 Å². The van der Waals surface area contributed by atoms with E-state index in [0.29, 0.717) is 50.0 Å². The minimum absolute atomic E-state index is 0. The summed E-state index contributed by atoms with van der Waals surface area (Å²) in [4.78, 5) is 11.2. The Morgan fingerprint density at radius 3 is 1.22 bits per heavy atom. The van der Waals surface area contributed by atoms with E-state index in [0.717, 1.165) is 51.0 Å². The van der Waals surface area contributed by atoms with Gasteiger partial charge >= 0.3 is 103 Å². The standard InChI is InChI=1S/C20H20Br2F2O2.C10H20O6S2.C6H4BrFO.CH2O3.2K.H/c21-17-9-15(23)5-7-19(17)25-11-13-3-1-2-4-14(13)12-26-20-8-6-16(24)10-18(20)22;1-17(11,12)15-7-9-5-3-4-6-10(9)8-16-18(2,13)14;7-5-3-4(8)1-2-6(5)9;2-1-4-3;;;/h5-10,13-14H,1-4,11-12H2;9-10H,3-8H2,1-2H3;1-3,9H;1,3H;;;/q;;;;2*+1;-1/p-1/t;9-,10-;;;;;/m.0...../s1. The van der Waals surface area contributed by atoms with E-state index in [4.69, 9.17) is 33.0 Å². The van der Waals surface area contributed by atoms with Gasteiger partial charge in [0.25, 0.3) is 26.7 Å². The summed E-state index contributed by atoms with van der Waals surface area (Å²) in [5.41, 5.74) is 0. The summed E-state index contributed by atoms with van der Waals surface area (Å²) >= 11 is 9.63. The Morgan fingerprint density at radius 1 is 0.644 bits per heavy atom. The topological polar surface area (TPSA) is 175 Å². The molecule has 5 rings (SSSR count). The third-order valence-corrected chi connectivity index (χ3v) is 11.8. The molecule has 0 amide bonds. The van der Waals surface area contributed by atoms with Gasteiger partial charge in [0.05, 0.1) is 52.4 Å². The van der Waals surface area contributed by atoms with Gasteiger partial charge in [-0.15, -0.1) is 0 Å². The predicted molar refractivity (Wildman–Crippen MR) is 216 cm³/mol. The molecule has 4 atom stereocenters. The van der Waals surface area contributed by atoms with E-state index in [1.165, 1.54) is 55.3 Å². The Bertz CT molecular complexity index is 1820. The van der Waals surface area contributed by atoms with Crippen molar-refractivity contribution < 1.29 is 172 Å². The zero-order valence-electron chi connectivity index (χ0n) is 34.1. The van der Waals surface area contributed by atoms with E-state index in [-0.39, 0.29) is 159 Å². The number of hydrogen-bond donors (Lipinski definition) is 1. The van der Waals surface area contributed by atoms with Crippen LogP contribution in [0.2, 0.25) is 0 Å². The van der Waals surface area contributed by atoms with Gasteiger partial charge in [-0.3, -0.25) is 13.2 Å². The fourth-order valence-electron chi connectivity index (χ4n) is 5.93. The summed E-state index contributed by atoms with van der Waals surface area (Å²) in [5.74, 6) is 1.23. The summed E-state index contributed by atoms with van der Waals surface area (Å²) in [6.45, 7) is 1.18. The quantitative estimate of drug-likeness (QED) is 0.0872. The second-order valence-corrected chi connectivity index (χ2v) is 19.0. The van der Waals surface area contributed by atoms with E-state index in [2.05, 4.69) is 52.7 Å². The molecule has 322 valence electrons. The molecule has 0 heterocycles. The first-order valence-corrected chi connectivity index (χ1v) is 23.5. The molecule has 59 heavy (non-hydrogen) atoms. The Morgan fingerprint density at radius 2 is 0.949 bits per heavy atom. The average molecular weight is 1120 g/mol. The molecule has 22 heteroatoms. The smallest absolute Gasteiger partial charge is 1.00 e. The van der Waals surface area contributed by atoms with Crippen molar-refractivity contribution in [2.75, 3.05) is 38.9 Å². The van der Waals surface area contributed by atoms with Crippen molar-refractivity contribution in [3.8, 4) is 17.2 Å². The maximum Gasteiger partial charge on any atom is 1.00 e. The number of aromatic hydroxyl groups is 1. The van der Waals surface area contributed by atoms with Crippen LogP contribution in [0.1, 0.15) is 52.8 Å². The predicted octanol–water partition coefficient (Wildman–Crippen LogP) is 2.35. The molecule has 3 aromatic rings. The van der Waals surface area contributed by atoms with E-state index in [1.807, 2.05) is 0 Å². The second kappa shape index (κ2) is 31.6. The number of carbonyl (C=O) groups excluding carboxylic acids is 1. The van der Waals surface area contributed by atoms with Gasteiger partial charge in [0, 0.05) is 0 Å². The van der Waals surface area contributed by atoms with Crippen molar-refractivity contribution >= 4 is 74.5 Å². The third kappa shape index (κ3) is 26.4. The van der Waals surface area contributed by atoms with Crippen LogP contribution in [0.3, 0.4) is 0 Å². The van der Waals surface area contributed by atoms with Crippen molar-refractivity contribution in [3.63, 3.8) is 0 Å². The van der Waals surface area contributed by atoms with Crippen LogP contribution in [0.25, 0.3) is 0 Å². The van der Waals surface area contributed by atoms with Crippen molar-refractivity contribution in [3.05, 3.63) is 85.5 Å². The molecule has 2 unspecified atom stereocenters. The molecule has 0 radical (unpaired) electrons. The number of ether oxygens (including phenoxy) is 2. The van der Waals surface area contributed by atoms with Gasteiger partial charge in [-0.2, -0.15) is 16.8 Å². The number of carbonyl (C=O) groups is 1. The van der Waals surface area contributed by atoms with E-state index in [9.17, 15) is 30.0 Å². The van der Waals surface area contributed by atoms with Crippen molar-refractivity contribution in [2.45, 2.75) is 51.4 Å². The van der Waals surface area contributed by atoms with Gasteiger partial charge in [0.15, 0.2) is 0 Å². The molecular weight excluding hydrogens is 1080 g/mol. The Balaban J connectivity index is 0. The van der Waals surface area contributed by atoms with Gasteiger partial charge < -0.3 is 26.2 Å². The normalized spacial score (nSPS) is 18.6. The molecular formula is C37H46Br3F3K2O12S2. The first-order valence-electron chi connectivity index (χ1n) is 17.5. The van der Waals surface area contributed by atoms with Crippen LogP contribution in [0.15, 0.2) is 68.0 Å². The molecule has 2 aliphatic carbocycles. The SMILES string of the molecule is CS(=O)(=O)OC[C@@H]1CCCC[C@H]1COS(C)(=O)=O.Fc1ccc(OCC2CCCCC2COc2ccc(F)cc2Br)c(Br)c1.O=CO[O-].Oc1ccc(F)cc1Br.[H-].[K+].[K+]. The van der Waals surface area contributed by atoms with Crippen LogP contribution in [0.4, 0.5) is 13.2 Å². The third-order valence-electron chi connectivity index (χ3n) is 8.77. The van der Waals surface area contributed by atoms with Gasteiger partial charge in [-0.05, 0) is 152 Å². The number of halogens is 6. The Labute approximate surface area is 456 Å². The molecule has 2 aliphatic rings. The Hall–Kier alpha value is 0.813. The van der Waals surface area contributed by atoms with Crippen LogP contribution in [0.5, 0.6) is 17.2 Å². The van der Waals surface area contributed by atoms with Gasteiger partial charge in [0.2, 0.25) is 0 Å². The molecule has 1 N–H and O–H groups in total. The van der Waals surface area contributed by atoms with E-state index < -0.39 is 20.2 Å². The summed E-state index contributed by atoms with van der Waals surface area (Å²) in [6, 6.07) is 12.6. The molecule has 3 aromatic carbocycles. The average Bonchev–Trinajstić information content (AvgIpc) is 3.15. The maximum absolute atomic E-state index is 13.2. The monoisotopic (exact) mass is 1120 g/mol. The molecule has 0 spiro atoms. The number of benzene rings is 3. The molecule has 0 aliphatic heterocycles. The first kappa shape index (κ1) is 59.8. The summed E-state index contributed by atoms with van der Waals surface area (Å²) in [5, 5.41) is 17.3. The van der Waals surface area contributed by atoms with Gasteiger partial charge in [-0.25, -0.2) is 13.2 Å². The summed E-state index contributed by atoms with van der Waals surface area (Å²) in [6.07, 6.45) is 10.2.